The van der Waals surface area contributed by atoms with Gasteiger partial charge in [0.15, 0.2) is 0 Å². The molecule has 92 valence electrons. The van der Waals surface area contributed by atoms with E-state index < -0.39 is 0 Å². The molecule has 0 amide bonds. The molecule has 1 aromatic heterocycles. The molecule has 1 aromatic carbocycles. The second-order valence-corrected chi connectivity index (χ2v) is 4.02. The summed E-state index contributed by atoms with van der Waals surface area (Å²) in [6.45, 7) is 0.359. The van der Waals surface area contributed by atoms with Gasteiger partial charge in [0, 0.05) is 7.05 Å². The molecular weight excluding hydrogens is 218 g/mol. The van der Waals surface area contributed by atoms with E-state index in [9.17, 15) is 0 Å². The zero-order chi connectivity index (χ0) is 12.3. The second-order valence-electron chi connectivity index (χ2n) is 4.02. The normalized spacial score (nSPS) is 11.5. The molecule has 0 radical (unpaired) electrons. The molecule has 0 atom stereocenters. The second kappa shape index (κ2) is 5.27. The average Bonchev–Trinajstić information content (AvgIpc) is 2.68. The summed E-state index contributed by atoms with van der Waals surface area (Å²) in [5.74, 6) is 0.887. The van der Waals surface area contributed by atoms with Crippen molar-refractivity contribution in [2.75, 3.05) is 13.2 Å². The topological polar surface area (TPSA) is 70.3 Å². The van der Waals surface area contributed by atoms with Crippen molar-refractivity contribution in [3.05, 3.63) is 30.1 Å². The van der Waals surface area contributed by atoms with Crippen LogP contribution in [-0.4, -0.2) is 39.0 Å². The first-order valence-electron chi connectivity index (χ1n) is 5.61. The lowest BCUT2D eigenvalue weighted by atomic mass is 10.3. The molecule has 1 heterocycles. The van der Waals surface area contributed by atoms with Gasteiger partial charge in [0.25, 0.3) is 0 Å². The van der Waals surface area contributed by atoms with Gasteiger partial charge in [-0.25, -0.2) is 4.98 Å². The zero-order valence-electron chi connectivity index (χ0n) is 9.80. The lowest BCUT2D eigenvalue weighted by Gasteiger charge is -2.12. The summed E-state index contributed by atoms with van der Waals surface area (Å²) in [5, 5.41) is 21.0. The number of nitrogens with zero attached hydrogens (tertiary/aromatic N) is 2. The van der Waals surface area contributed by atoms with Crippen molar-refractivity contribution in [1.29, 1.82) is 0 Å². The summed E-state index contributed by atoms with van der Waals surface area (Å²) in [5.41, 5.74) is 2.03. The van der Waals surface area contributed by atoms with Crippen LogP contribution in [0, 0.1) is 0 Å². The highest BCUT2D eigenvalue weighted by Gasteiger charge is 2.09. The number of benzene rings is 1. The van der Waals surface area contributed by atoms with Crippen molar-refractivity contribution in [2.45, 2.75) is 12.6 Å². The number of aliphatic hydroxyl groups is 2. The Kier molecular flexibility index (Phi) is 3.73. The number of hydrogen-bond acceptors (Lipinski definition) is 4. The van der Waals surface area contributed by atoms with Crippen molar-refractivity contribution in [1.82, 2.24) is 14.9 Å². The number of hydrogen-bond donors (Lipinski definition) is 3. The van der Waals surface area contributed by atoms with Crippen molar-refractivity contribution in [3.63, 3.8) is 0 Å². The molecule has 0 spiro atoms. The average molecular weight is 235 g/mol. The van der Waals surface area contributed by atoms with Crippen LogP contribution in [0.5, 0.6) is 0 Å². The van der Waals surface area contributed by atoms with Crippen LogP contribution in [0.1, 0.15) is 5.82 Å². The van der Waals surface area contributed by atoms with E-state index in [1.54, 1.807) is 0 Å². The predicted octanol–water partition coefficient (Wildman–Crippen LogP) is 0.0161. The summed E-state index contributed by atoms with van der Waals surface area (Å²) >= 11 is 0. The van der Waals surface area contributed by atoms with Gasteiger partial charge in [-0.2, -0.15) is 0 Å². The van der Waals surface area contributed by atoms with E-state index in [4.69, 9.17) is 10.2 Å². The molecule has 17 heavy (non-hydrogen) atoms. The maximum absolute atomic E-state index is 8.96. The number of fused-ring (bicyclic) bond motifs is 1. The number of para-hydroxylation sites is 2. The number of aliphatic hydroxyl groups excluding tert-OH is 2. The molecule has 0 aliphatic rings. The Bertz CT molecular complexity index is 491. The van der Waals surface area contributed by atoms with E-state index >= 15 is 0 Å². The van der Waals surface area contributed by atoms with Gasteiger partial charge in [-0.05, 0) is 12.1 Å². The summed E-state index contributed by atoms with van der Waals surface area (Å²) in [4.78, 5) is 4.49. The lowest BCUT2D eigenvalue weighted by Crippen LogP contribution is -2.35. The molecule has 0 aliphatic carbocycles. The van der Waals surface area contributed by atoms with Crippen LogP contribution in [0.3, 0.4) is 0 Å². The first kappa shape index (κ1) is 12.0. The van der Waals surface area contributed by atoms with Crippen LogP contribution >= 0.6 is 0 Å². The third kappa shape index (κ3) is 2.46. The Morgan fingerprint density at radius 1 is 1.29 bits per heavy atom. The first-order chi connectivity index (χ1) is 8.26. The van der Waals surface area contributed by atoms with Gasteiger partial charge in [-0.1, -0.05) is 12.1 Å². The van der Waals surface area contributed by atoms with E-state index in [0.717, 1.165) is 16.9 Å². The van der Waals surface area contributed by atoms with Crippen LogP contribution in [0.4, 0.5) is 0 Å². The zero-order valence-corrected chi connectivity index (χ0v) is 9.80. The fourth-order valence-electron chi connectivity index (χ4n) is 1.78. The molecule has 0 bridgehead atoms. The summed E-state index contributed by atoms with van der Waals surface area (Å²) in [6, 6.07) is 7.62. The summed E-state index contributed by atoms with van der Waals surface area (Å²) in [7, 11) is 1.96. The van der Waals surface area contributed by atoms with E-state index in [-0.39, 0.29) is 19.3 Å². The fourth-order valence-corrected chi connectivity index (χ4v) is 1.78. The monoisotopic (exact) mass is 235 g/mol. The fraction of sp³-hybridized carbons (Fsp3) is 0.417. The van der Waals surface area contributed by atoms with Crippen LogP contribution < -0.4 is 5.32 Å². The largest absolute Gasteiger partial charge is 0.395 e. The highest BCUT2D eigenvalue weighted by atomic mass is 16.3. The van der Waals surface area contributed by atoms with Crippen LogP contribution in [0.15, 0.2) is 24.3 Å². The van der Waals surface area contributed by atoms with Gasteiger partial charge in [0.2, 0.25) is 0 Å². The molecule has 0 aliphatic heterocycles. The van der Waals surface area contributed by atoms with Crippen molar-refractivity contribution >= 4 is 11.0 Å². The Labute approximate surface area is 99.7 Å². The SMILES string of the molecule is Cn1c(CNC(CO)CO)nc2ccccc21. The Morgan fingerprint density at radius 2 is 2.00 bits per heavy atom. The smallest absolute Gasteiger partial charge is 0.123 e. The Balaban J connectivity index is 2.16. The van der Waals surface area contributed by atoms with Gasteiger partial charge >= 0.3 is 0 Å². The van der Waals surface area contributed by atoms with Crippen molar-refractivity contribution < 1.29 is 10.2 Å². The molecular formula is C12H17N3O2. The van der Waals surface area contributed by atoms with E-state index in [0.29, 0.717) is 6.54 Å². The number of aromatic nitrogens is 2. The first-order valence-corrected chi connectivity index (χ1v) is 5.61. The summed E-state index contributed by atoms with van der Waals surface area (Å²) < 4.78 is 2.01. The highest BCUT2D eigenvalue weighted by molar-refractivity contribution is 5.75. The molecule has 0 fully saturated rings. The third-order valence-corrected chi connectivity index (χ3v) is 2.87. The summed E-state index contributed by atoms with van der Waals surface area (Å²) in [6.07, 6.45) is 0. The van der Waals surface area contributed by atoms with Crippen LogP contribution in [-0.2, 0) is 13.6 Å². The molecule has 0 unspecified atom stereocenters. The van der Waals surface area contributed by atoms with Gasteiger partial charge in [0.05, 0.1) is 36.8 Å². The molecule has 2 aromatic rings. The van der Waals surface area contributed by atoms with Gasteiger partial charge in [0.1, 0.15) is 5.82 Å². The van der Waals surface area contributed by atoms with Crippen LogP contribution in [0.25, 0.3) is 11.0 Å². The predicted molar refractivity (Wildman–Crippen MR) is 65.5 cm³/mol. The van der Waals surface area contributed by atoms with E-state index in [1.807, 2.05) is 35.9 Å². The number of rotatable bonds is 5. The standard InChI is InChI=1S/C12H17N3O2/c1-15-11-5-3-2-4-10(11)14-12(15)6-13-9(7-16)8-17/h2-5,9,13,16-17H,6-8H2,1H3. The van der Waals surface area contributed by atoms with Gasteiger partial charge in [-0.15, -0.1) is 0 Å². The highest BCUT2D eigenvalue weighted by Crippen LogP contribution is 2.13. The minimum atomic E-state index is -0.296. The molecule has 0 saturated heterocycles. The maximum Gasteiger partial charge on any atom is 0.123 e. The third-order valence-electron chi connectivity index (χ3n) is 2.87. The van der Waals surface area contributed by atoms with E-state index in [1.165, 1.54) is 0 Å². The Morgan fingerprint density at radius 3 is 2.65 bits per heavy atom. The Hall–Kier alpha value is -1.43. The molecule has 5 heteroatoms. The molecule has 5 nitrogen and oxygen atoms in total. The minimum Gasteiger partial charge on any atom is -0.395 e. The number of nitrogens with one attached hydrogen (secondary N) is 1. The molecule has 3 N–H and O–H groups in total. The van der Waals surface area contributed by atoms with Crippen molar-refractivity contribution in [3.8, 4) is 0 Å². The molecule has 2 rings (SSSR count). The van der Waals surface area contributed by atoms with E-state index in [2.05, 4.69) is 10.3 Å². The minimum absolute atomic E-state index is 0.0829. The lowest BCUT2D eigenvalue weighted by molar-refractivity contribution is 0.169. The van der Waals surface area contributed by atoms with Crippen molar-refractivity contribution in [2.24, 2.45) is 7.05 Å². The van der Waals surface area contributed by atoms with Gasteiger partial charge in [-0.3, -0.25) is 0 Å². The van der Waals surface area contributed by atoms with Gasteiger partial charge < -0.3 is 20.1 Å². The van der Waals surface area contributed by atoms with Crippen LogP contribution in [0.2, 0.25) is 0 Å². The number of aryl methyl sites for hydroxylation is 1. The quantitative estimate of drug-likeness (QED) is 0.683. The molecule has 0 saturated carbocycles. The number of imidazole rings is 1. The maximum atomic E-state index is 8.96.